The predicted molar refractivity (Wildman–Crippen MR) is 66.3 cm³/mol. The van der Waals surface area contributed by atoms with Crippen LogP contribution in [0.4, 0.5) is 0 Å². The van der Waals surface area contributed by atoms with Gasteiger partial charge in [-0.1, -0.05) is 0 Å². The Balaban J connectivity index is 1.94. The van der Waals surface area contributed by atoms with Gasteiger partial charge in [0.1, 0.15) is 6.54 Å². The first-order valence-electron chi connectivity index (χ1n) is 6.84. The van der Waals surface area contributed by atoms with Crippen LogP contribution >= 0.6 is 0 Å². The third kappa shape index (κ3) is 3.45. The fraction of sp³-hybridized carbons (Fsp3) is 0.846. The summed E-state index contributed by atoms with van der Waals surface area (Å²) in [5.74, 6) is -0.916. The average Bonchev–Trinajstić information content (AvgIpc) is 2.84. The molecular weight excluding hydrogens is 250 g/mol. The van der Waals surface area contributed by atoms with Gasteiger partial charge in [-0.05, 0) is 19.8 Å². The molecule has 0 aromatic heterocycles. The molecule has 1 unspecified atom stereocenters. The summed E-state index contributed by atoms with van der Waals surface area (Å²) in [5.41, 5.74) is 0. The lowest BCUT2D eigenvalue weighted by molar-refractivity contribution is -0.190. The lowest BCUT2D eigenvalue weighted by Crippen LogP contribution is -2.47. The summed E-state index contributed by atoms with van der Waals surface area (Å²) in [6.45, 7) is 3.28. The van der Waals surface area contributed by atoms with Gasteiger partial charge >= 0.3 is 5.97 Å². The van der Waals surface area contributed by atoms with Gasteiger partial charge in [-0.3, -0.25) is 9.59 Å². The molecule has 1 amide bonds. The third-order valence-electron chi connectivity index (χ3n) is 3.68. The Kier molecular flexibility index (Phi) is 4.76. The smallest absolute Gasteiger partial charge is 0.325 e. The minimum Gasteiger partial charge on any atom is -0.465 e. The van der Waals surface area contributed by atoms with E-state index >= 15 is 0 Å². The van der Waals surface area contributed by atoms with Crippen molar-refractivity contribution in [3.63, 3.8) is 0 Å². The average molecular weight is 271 g/mol. The summed E-state index contributed by atoms with van der Waals surface area (Å²) in [5, 5.41) is 0. The molecule has 19 heavy (non-hydrogen) atoms. The molecular formula is C13H21NO5. The largest absolute Gasteiger partial charge is 0.465 e. The molecule has 1 atom stereocenters. The van der Waals surface area contributed by atoms with E-state index < -0.39 is 5.79 Å². The number of rotatable bonds is 5. The molecule has 0 aromatic rings. The zero-order chi connectivity index (χ0) is 13.7. The second-order valence-electron chi connectivity index (χ2n) is 4.94. The maximum absolute atomic E-state index is 11.5. The predicted octanol–water partition coefficient (Wildman–Crippen LogP) is 0.694. The highest BCUT2D eigenvalue weighted by atomic mass is 16.7. The molecule has 1 aliphatic carbocycles. The number of hydrogen-bond acceptors (Lipinski definition) is 5. The molecule has 0 radical (unpaired) electrons. The van der Waals surface area contributed by atoms with Gasteiger partial charge in [0.25, 0.3) is 0 Å². The van der Waals surface area contributed by atoms with Crippen LogP contribution in [0.5, 0.6) is 0 Å². The molecule has 1 saturated carbocycles. The number of nitrogens with zero attached hydrogens (tertiary/aromatic N) is 1. The maximum Gasteiger partial charge on any atom is 0.325 e. The molecule has 0 bridgehead atoms. The lowest BCUT2D eigenvalue weighted by Gasteiger charge is -2.39. The Morgan fingerprint density at radius 2 is 2.21 bits per heavy atom. The van der Waals surface area contributed by atoms with E-state index in [2.05, 4.69) is 0 Å². The van der Waals surface area contributed by atoms with E-state index in [0.29, 0.717) is 26.2 Å². The first-order valence-corrected chi connectivity index (χ1v) is 6.84. The summed E-state index contributed by atoms with van der Waals surface area (Å²) in [6.07, 6.45) is 4.00. The second kappa shape index (κ2) is 6.34. The van der Waals surface area contributed by atoms with Crippen molar-refractivity contribution in [2.24, 2.45) is 0 Å². The first-order chi connectivity index (χ1) is 9.19. The molecule has 2 aliphatic rings. The van der Waals surface area contributed by atoms with Gasteiger partial charge in [0.05, 0.1) is 19.8 Å². The molecule has 6 nitrogen and oxygen atoms in total. The van der Waals surface area contributed by atoms with E-state index in [1.165, 1.54) is 4.90 Å². The third-order valence-corrected chi connectivity index (χ3v) is 3.68. The van der Waals surface area contributed by atoms with Crippen LogP contribution in [0.3, 0.4) is 0 Å². The highest BCUT2D eigenvalue weighted by Gasteiger charge is 2.43. The van der Waals surface area contributed by atoms with Crippen molar-refractivity contribution in [2.45, 2.75) is 44.4 Å². The van der Waals surface area contributed by atoms with Crippen molar-refractivity contribution in [1.29, 1.82) is 0 Å². The van der Waals surface area contributed by atoms with Gasteiger partial charge in [-0.2, -0.15) is 0 Å². The monoisotopic (exact) mass is 271 g/mol. The minimum absolute atomic E-state index is 0.00190. The molecule has 1 spiro atoms. The Morgan fingerprint density at radius 1 is 1.47 bits per heavy atom. The zero-order valence-corrected chi connectivity index (χ0v) is 11.3. The van der Waals surface area contributed by atoms with Crippen LogP contribution in [-0.4, -0.2) is 55.5 Å². The van der Waals surface area contributed by atoms with Crippen molar-refractivity contribution in [1.82, 2.24) is 4.90 Å². The van der Waals surface area contributed by atoms with Crippen molar-refractivity contribution >= 4 is 12.4 Å². The maximum atomic E-state index is 11.5. The Morgan fingerprint density at radius 3 is 2.84 bits per heavy atom. The van der Waals surface area contributed by atoms with E-state index in [0.717, 1.165) is 25.7 Å². The number of carbonyl (C=O) groups is 2. The van der Waals surface area contributed by atoms with Gasteiger partial charge in [-0.25, -0.2) is 0 Å². The van der Waals surface area contributed by atoms with Crippen LogP contribution in [0.1, 0.15) is 32.6 Å². The quantitative estimate of drug-likeness (QED) is 0.544. The van der Waals surface area contributed by atoms with Gasteiger partial charge in [-0.15, -0.1) is 0 Å². The number of hydrogen-bond donors (Lipinski definition) is 0. The van der Waals surface area contributed by atoms with Crippen LogP contribution in [0.25, 0.3) is 0 Å². The van der Waals surface area contributed by atoms with E-state index in [-0.39, 0.29) is 18.6 Å². The van der Waals surface area contributed by atoms with E-state index in [1.54, 1.807) is 6.92 Å². The van der Waals surface area contributed by atoms with Crippen LogP contribution < -0.4 is 0 Å². The molecule has 2 fully saturated rings. The van der Waals surface area contributed by atoms with E-state index in [4.69, 9.17) is 14.2 Å². The fourth-order valence-electron chi connectivity index (χ4n) is 2.82. The van der Waals surface area contributed by atoms with Crippen LogP contribution in [0, 0.1) is 0 Å². The second-order valence-corrected chi connectivity index (χ2v) is 4.94. The highest BCUT2D eigenvalue weighted by Crippen LogP contribution is 2.37. The van der Waals surface area contributed by atoms with Crippen molar-refractivity contribution in [3.8, 4) is 0 Å². The SMILES string of the molecule is CCOC(=O)CN(C=O)C1CCCC2(C1)OCCO2. The lowest BCUT2D eigenvalue weighted by atomic mass is 9.89. The summed E-state index contributed by atoms with van der Waals surface area (Å²) in [6, 6.07) is -0.0197. The molecule has 0 aromatic carbocycles. The fourth-order valence-corrected chi connectivity index (χ4v) is 2.82. The Bertz CT molecular complexity index is 327. The number of amides is 1. The standard InChI is InChI=1S/C13H21NO5/c1-2-17-12(16)9-14(10-15)11-4-3-5-13(8-11)18-6-7-19-13/h10-11H,2-9H2,1H3. The summed E-state index contributed by atoms with van der Waals surface area (Å²) in [7, 11) is 0. The number of esters is 1. The Labute approximate surface area is 113 Å². The van der Waals surface area contributed by atoms with E-state index in [1.807, 2.05) is 0 Å². The normalized spacial score (nSPS) is 25.2. The summed E-state index contributed by atoms with van der Waals surface area (Å²) in [4.78, 5) is 24.2. The summed E-state index contributed by atoms with van der Waals surface area (Å²) >= 11 is 0. The number of ether oxygens (including phenoxy) is 3. The van der Waals surface area contributed by atoms with Gasteiger partial charge in [0, 0.05) is 18.9 Å². The van der Waals surface area contributed by atoms with Gasteiger partial charge < -0.3 is 19.1 Å². The molecule has 0 N–H and O–H groups in total. The van der Waals surface area contributed by atoms with Crippen LogP contribution in [-0.2, 0) is 23.8 Å². The minimum atomic E-state index is -0.543. The number of carbonyl (C=O) groups excluding carboxylic acids is 2. The topological polar surface area (TPSA) is 65.1 Å². The zero-order valence-electron chi connectivity index (χ0n) is 11.3. The van der Waals surface area contributed by atoms with Crippen molar-refractivity contribution in [2.75, 3.05) is 26.4 Å². The summed E-state index contributed by atoms with van der Waals surface area (Å²) < 4.78 is 16.2. The molecule has 1 saturated heterocycles. The molecule has 6 heteroatoms. The van der Waals surface area contributed by atoms with Crippen LogP contribution in [0.2, 0.25) is 0 Å². The van der Waals surface area contributed by atoms with Crippen LogP contribution in [0.15, 0.2) is 0 Å². The molecule has 1 heterocycles. The Hall–Kier alpha value is -1.14. The van der Waals surface area contributed by atoms with Crippen molar-refractivity contribution < 1.29 is 23.8 Å². The molecule has 108 valence electrons. The first kappa shape index (κ1) is 14.3. The molecule has 2 rings (SSSR count). The van der Waals surface area contributed by atoms with Crippen molar-refractivity contribution in [3.05, 3.63) is 0 Å². The van der Waals surface area contributed by atoms with Gasteiger partial charge in [0.15, 0.2) is 5.79 Å². The van der Waals surface area contributed by atoms with Gasteiger partial charge in [0.2, 0.25) is 6.41 Å². The van der Waals surface area contributed by atoms with E-state index in [9.17, 15) is 9.59 Å². The highest BCUT2D eigenvalue weighted by molar-refractivity contribution is 5.74. The molecule has 1 aliphatic heterocycles.